The Bertz CT molecular complexity index is 384. The van der Waals surface area contributed by atoms with E-state index in [-0.39, 0.29) is 17.4 Å². The van der Waals surface area contributed by atoms with Crippen molar-refractivity contribution in [2.24, 2.45) is 5.92 Å². The second-order valence-electron chi connectivity index (χ2n) is 4.87. The highest BCUT2D eigenvalue weighted by Gasteiger charge is 2.22. The Kier molecular flexibility index (Phi) is 8.78. The number of amides is 2. The molecule has 2 atom stereocenters. The highest BCUT2D eigenvalue weighted by molar-refractivity contribution is 7.85. The minimum Gasteiger partial charge on any atom is -0.480 e. The summed E-state index contributed by atoms with van der Waals surface area (Å²) in [4.78, 5) is 33.1. The normalized spacial score (nSPS) is 13.6. The van der Waals surface area contributed by atoms with Gasteiger partial charge in [-0.15, -0.1) is 0 Å². The molecule has 0 spiro atoms. The zero-order valence-corrected chi connectivity index (χ0v) is 12.8. The number of carboxylic acids is 1. The molecule has 0 heterocycles. The van der Waals surface area contributed by atoms with E-state index in [9.17, 15) is 18.6 Å². The van der Waals surface area contributed by atoms with Crippen molar-refractivity contribution >= 4 is 28.6 Å². The van der Waals surface area contributed by atoms with Gasteiger partial charge in [-0.3, -0.25) is 13.8 Å². The molecule has 20 heavy (non-hydrogen) atoms. The van der Waals surface area contributed by atoms with Crippen LogP contribution in [0.25, 0.3) is 0 Å². The molecule has 7 nitrogen and oxygen atoms in total. The quantitative estimate of drug-likeness (QED) is 0.531. The van der Waals surface area contributed by atoms with Crippen LogP contribution in [-0.2, 0) is 25.2 Å². The summed E-state index contributed by atoms with van der Waals surface area (Å²) in [5.74, 6) is -2.26. The molecular weight excluding hydrogens is 284 g/mol. The third-order valence-corrected chi connectivity index (χ3v) is 3.65. The fourth-order valence-corrected chi connectivity index (χ4v) is 2.47. The molecule has 0 aromatic heterocycles. The van der Waals surface area contributed by atoms with Crippen molar-refractivity contribution in [1.29, 1.82) is 0 Å². The smallest absolute Gasteiger partial charge is 0.327 e. The second kappa shape index (κ2) is 9.46. The largest absolute Gasteiger partial charge is 0.480 e. The molecule has 0 saturated heterocycles. The summed E-state index contributed by atoms with van der Waals surface area (Å²) in [7, 11) is -1.64. The van der Waals surface area contributed by atoms with Crippen molar-refractivity contribution in [2.75, 3.05) is 18.1 Å². The molecule has 3 N–H and O–H groups in total. The van der Waals surface area contributed by atoms with Gasteiger partial charge in [-0.1, -0.05) is 13.8 Å². The number of carbonyl (C=O) groups excluding carboxylic acids is 2. The van der Waals surface area contributed by atoms with Crippen molar-refractivity contribution in [3.63, 3.8) is 0 Å². The Hall–Kier alpha value is -1.44. The summed E-state index contributed by atoms with van der Waals surface area (Å²) in [5.41, 5.74) is 0. The van der Waals surface area contributed by atoms with E-state index in [1.54, 1.807) is 0 Å². The summed E-state index contributed by atoms with van der Waals surface area (Å²) in [6.45, 7) is 5.73. The lowest BCUT2D eigenvalue weighted by Crippen LogP contribution is -2.44. The average molecular weight is 306 g/mol. The second-order valence-corrected chi connectivity index (χ2v) is 6.38. The van der Waals surface area contributed by atoms with Crippen LogP contribution in [-0.4, -0.2) is 51.2 Å². The third kappa shape index (κ3) is 9.48. The minimum absolute atomic E-state index is 0.262. The van der Waals surface area contributed by atoms with Gasteiger partial charge in [-0.05, 0) is 12.3 Å². The number of nitrogens with one attached hydrogen (secondary N) is 2. The number of aliphatic carboxylic acids is 1. The van der Waals surface area contributed by atoms with Crippen LogP contribution in [0, 0.1) is 5.92 Å². The van der Waals surface area contributed by atoms with Gasteiger partial charge in [0.25, 0.3) is 0 Å². The zero-order chi connectivity index (χ0) is 15.7. The number of rotatable bonds is 9. The van der Waals surface area contributed by atoms with Crippen molar-refractivity contribution < 1.29 is 23.7 Å². The number of hydrogen-bond donors (Lipinski definition) is 3. The first-order valence-electron chi connectivity index (χ1n) is 6.34. The number of carboxylic acid groups (broad SMARTS) is 1. The van der Waals surface area contributed by atoms with E-state index in [4.69, 9.17) is 5.11 Å². The van der Waals surface area contributed by atoms with Gasteiger partial charge in [0.2, 0.25) is 11.8 Å². The van der Waals surface area contributed by atoms with Crippen LogP contribution in [0.4, 0.5) is 0 Å². The van der Waals surface area contributed by atoms with E-state index in [1.807, 2.05) is 13.8 Å². The van der Waals surface area contributed by atoms with Gasteiger partial charge in [0.05, 0.1) is 5.75 Å². The monoisotopic (exact) mass is 306 g/mol. The molecule has 0 rings (SSSR count). The topological polar surface area (TPSA) is 113 Å². The highest BCUT2D eigenvalue weighted by atomic mass is 32.2. The fraction of sp³-hybridized carbons (Fsp3) is 0.750. The summed E-state index contributed by atoms with van der Waals surface area (Å²) in [6, 6.07) is -1.24. The maximum absolute atomic E-state index is 11.7. The first kappa shape index (κ1) is 18.6. The Morgan fingerprint density at radius 1 is 1.25 bits per heavy atom. The summed E-state index contributed by atoms with van der Waals surface area (Å²) in [5, 5.41) is 13.7. The molecule has 0 aromatic carbocycles. The van der Waals surface area contributed by atoms with E-state index < -0.39 is 28.7 Å². The Morgan fingerprint density at radius 3 is 2.30 bits per heavy atom. The van der Waals surface area contributed by atoms with E-state index in [2.05, 4.69) is 10.6 Å². The lowest BCUT2D eigenvalue weighted by Gasteiger charge is -2.13. The van der Waals surface area contributed by atoms with Crippen LogP contribution in [0.15, 0.2) is 0 Å². The number of hydrogen-bond acceptors (Lipinski definition) is 4. The van der Waals surface area contributed by atoms with Crippen LogP contribution in [0.3, 0.4) is 0 Å². The van der Waals surface area contributed by atoms with Gasteiger partial charge in [0.15, 0.2) is 0 Å². The fourth-order valence-electron chi connectivity index (χ4n) is 1.36. The molecule has 0 aromatic rings. The lowest BCUT2D eigenvalue weighted by atomic mass is 10.1. The van der Waals surface area contributed by atoms with Crippen molar-refractivity contribution in [3.05, 3.63) is 0 Å². The Morgan fingerprint density at radius 2 is 1.85 bits per heavy atom. The van der Waals surface area contributed by atoms with Gasteiger partial charge in [-0.2, -0.15) is 0 Å². The zero-order valence-electron chi connectivity index (χ0n) is 12.0. The van der Waals surface area contributed by atoms with Gasteiger partial charge < -0.3 is 15.7 Å². The Balaban J connectivity index is 4.15. The van der Waals surface area contributed by atoms with E-state index in [0.29, 0.717) is 12.5 Å². The van der Waals surface area contributed by atoms with E-state index >= 15 is 0 Å². The van der Waals surface area contributed by atoms with Crippen LogP contribution >= 0.6 is 0 Å². The average Bonchev–Trinajstić information content (AvgIpc) is 2.26. The molecule has 0 aliphatic rings. The lowest BCUT2D eigenvalue weighted by molar-refractivity contribution is -0.140. The standard InChI is InChI=1S/C12H22N2O5S/c1-8(2)4-5-13-11(16)7-20(19)6-10(12(17)18)14-9(3)15/h8,10H,4-7H2,1-3H3,(H,13,16)(H,14,15)(H,17,18)/t10-,20?/m0/s1. The van der Waals surface area contributed by atoms with Gasteiger partial charge in [0, 0.05) is 24.3 Å². The first-order valence-corrected chi connectivity index (χ1v) is 7.82. The molecular formula is C12H22N2O5S. The molecule has 1 unspecified atom stereocenters. The van der Waals surface area contributed by atoms with Crippen LogP contribution < -0.4 is 10.6 Å². The molecule has 0 radical (unpaired) electrons. The van der Waals surface area contributed by atoms with Crippen LogP contribution in [0.2, 0.25) is 0 Å². The molecule has 0 saturated carbocycles. The van der Waals surface area contributed by atoms with Crippen molar-refractivity contribution in [1.82, 2.24) is 10.6 Å². The molecule has 0 fully saturated rings. The molecule has 0 aliphatic carbocycles. The van der Waals surface area contributed by atoms with Gasteiger partial charge in [0.1, 0.15) is 11.8 Å². The Labute approximate surface area is 121 Å². The van der Waals surface area contributed by atoms with Crippen LogP contribution in [0.5, 0.6) is 0 Å². The molecule has 0 aliphatic heterocycles. The van der Waals surface area contributed by atoms with Crippen molar-refractivity contribution in [3.8, 4) is 0 Å². The first-order chi connectivity index (χ1) is 9.22. The minimum atomic E-state index is -1.64. The SMILES string of the molecule is CC(=O)N[C@@H](CS(=O)CC(=O)NCCC(C)C)C(=O)O. The summed E-state index contributed by atoms with van der Waals surface area (Å²) >= 11 is 0. The molecule has 0 bridgehead atoms. The maximum Gasteiger partial charge on any atom is 0.327 e. The summed E-state index contributed by atoms with van der Waals surface area (Å²) < 4.78 is 11.7. The van der Waals surface area contributed by atoms with Gasteiger partial charge >= 0.3 is 5.97 Å². The number of carbonyl (C=O) groups is 3. The predicted octanol–water partition coefficient (Wildman–Crippen LogP) is -0.513. The van der Waals surface area contributed by atoms with Gasteiger partial charge in [-0.25, -0.2) is 4.79 Å². The van der Waals surface area contributed by atoms with E-state index in [0.717, 1.165) is 6.42 Å². The van der Waals surface area contributed by atoms with Crippen LogP contribution in [0.1, 0.15) is 27.2 Å². The maximum atomic E-state index is 11.7. The molecule has 2 amide bonds. The van der Waals surface area contributed by atoms with E-state index in [1.165, 1.54) is 6.92 Å². The summed E-state index contributed by atoms with van der Waals surface area (Å²) in [6.07, 6.45) is 0.821. The molecule has 8 heteroatoms. The third-order valence-electron chi connectivity index (χ3n) is 2.36. The predicted molar refractivity (Wildman–Crippen MR) is 75.6 cm³/mol. The van der Waals surface area contributed by atoms with Crippen molar-refractivity contribution in [2.45, 2.75) is 33.2 Å². The highest BCUT2D eigenvalue weighted by Crippen LogP contribution is 1.97. The molecule has 116 valence electrons.